The molecule has 0 aliphatic carbocycles. The van der Waals surface area contributed by atoms with Crippen molar-refractivity contribution in [1.82, 2.24) is 0 Å². The Kier molecular flexibility index (Phi) is 15.5. The molecule has 1 radical (unpaired) electrons. The van der Waals surface area contributed by atoms with Crippen LogP contribution in [0.3, 0.4) is 0 Å². The second-order valence-electron chi connectivity index (χ2n) is 3.65. The van der Waals surface area contributed by atoms with Crippen molar-refractivity contribution >= 4 is 0 Å². The van der Waals surface area contributed by atoms with Gasteiger partial charge in [-0.05, 0) is 0 Å². The van der Waals surface area contributed by atoms with E-state index in [4.69, 9.17) is 0 Å². The first-order valence-electron chi connectivity index (χ1n) is 5.26. The van der Waals surface area contributed by atoms with Crippen molar-refractivity contribution in [2.45, 2.75) is 39.5 Å². The van der Waals surface area contributed by atoms with Crippen LogP contribution in [0, 0.1) is 14.9 Å². The minimum Gasteiger partial charge on any atom is -0.358 e. The summed E-state index contributed by atoms with van der Waals surface area (Å²) in [5.41, 5.74) is 0. The summed E-state index contributed by atoms with van der Waals surface area (Å²) < 4.78 is 1.50. The van der Waals surface area contributed by atoms with Gasteiger partial charge in [0.2, 0.25) is 0 Å². The van der Waals surface area contributed by atoms with Gasteiger partial charge in [0.25, 0.3) is 0 Å². The zero-order valence-corrected chi connectivity index (χ0v) is 13.5. The molecule has 0 amide bonds. The standard InChI is InChI=1S/C8H16N.C2H6.2CH3.Y/c1-2-6-9(5-1)7-3-4-8-9;1-2;;;/h1-8H2;1-2H3;2*1H3;/q+1;;2*-1;. The van der Waals surface area contributed by atoms with Gasteiger partial charge in [0, 0.05) is 58.4 Å². The maximum atomic E-state index is 2.00. The number of rotatable bonds is 0. The van der Waals surface area contributed by atoms with Crippen molar-refractivity contribution < 1.29 is 37.2 Å². The van der Waals surface area contributed by atoms with E-state index in [9.17, 15) is 0 Å². The van der Waals surface area contributed by atoms with E-state index in [1.54, 1.807) is 0 Å². The molecule has 0 aromatic carbocycles. The monoisotopic (exact) mass is 275 g/mol. The third-order valence-electron chi connectivity index (χ3n) is 3.03. The molecule has 14 heavy (non-hydrogen) atoms. The molecule has 0 atom stereocenters. The van der Waals surface area contributed by atoms with Crippen molar-refractivity contribution in [3.63, 3.8) is 0 Å². The van der Waals surface area contributed by atoms with E-state index in [2.05, 4.69) is 0 Å². The van der Waals surface area contributed by atoms with Crippen LogP contribution < -0.4 is 0 Å². The van der Waals surface area contributed by atoms with Crippen LogP contribution in [0.5, 0.6) is 0 Å². The summed E-state index contributed by atoms with van der Waals surface area (Å²) >= 11 is 0. The maximum absolute atomic E-state index is 2.00. The third kappa shape index (κ3) is 5.23. The van der Waals surface area contributed by atoms with Gasteiger partial charge in [0.05, 0.1) is 26.2 Å². The molecule has 2 fully saturated rings. The molecule has 0 N–H and O–H groups in total. The second kappa shape index (κ2) is 10.6. The summed E-state index contributed by atoms with van der Waals surface area (Å²) in [5, 5.41) is 0. The summed E-state index contributed by atoms with van der Waals surface area (Å²) in [6.45, 7) is 10.0. The number of quaternary nitrogens is 1. The Morgan fingerprint density at radius 1 is 0.643 bits per heavy atom. The minimum atomic E-state index is 0. The molecule has 2 heterocycles. The largest absolute Gasteiger partial charge is 0.358 e. The topological polar surface area (TPSA) is 0 Å². The Morgan fingerprint density at radius 2 is 0.857 bits per heavy atom. The first-order valence-corrected chi connectivity index (χ1v) is 5.26. The molecule has 2 heteroatoms. The molecule has 85 valence electrons. The average molecular weight is 275 g/mol. The number of nitrogens with zero attached hydrogens (tertiary/aromatic N) is 1. The second-order valence-corrected chi connectivity index (χ2v) is 3.65. The van der Waals surface area contributed by atoms with E-state index in [1.807, 2.05) is 13.8 Å². The van der Waals surface area contributed by atoms with Gasteiger partial charge >= 0.3 is 0 Å². The van der Waals surface area contributed by atoms with Gasteiger partial charge in [-0.3, -0.25) is 0 Å². The van der Waals surface area contributed by atoms with Gasteiger partial charge in [0.1, 0.15) is 0 Å². The first-order chi connectivity index (χ1) is 5.41. The van der Waals surface area contributed by atoms with Crippen molar-refractivity contribution in [3.05, 3.63) is 14.9 Å². The predicted octanol–water partition coefficient (Wildman–Crippen LogP) is 3.32. The molecular formula is C12H28NY-. The van der Waals surface area contributed by atoms with Crippen molar-refractivity contribution in [3.8, 4) is 0 Å². The first kappa shape index (κ1) is 20.5. The molecule has 0 bridgehead atoms. The van der Waals surface area contributed by atoms with Crippen LogP contribution in [0.4, 0.5) is 0 Å². The van der Waals surface area contributed by atoms with Crippen LogP contribution >= 0.6 is 0 Å². The quantitative estimate of drug-likeness (QED) is 0.470. The Balaban J connectivity index is -0.000000229. The fourth-order valence-corrected chi connectivity index (χ4v) is 2.46. The fraction of sp³-hybridized carbons (Fsp3) is 0.833. The van der Waals surface area contributed by atoms with E-state index < -0.39 is 0 Å². The van der Waals surface area contributed by atoms with Gasteiger partial charge in [-0.15, -0.1) is 0 Å². The van der Waals surface area contributed by atoms with Crippen molar-refractivity contribution in [2.24, 2.45) is 0 Å². The molecular weight excluding hydrogens is 247 g/mol. The van der Waals surface area contributed by atoms with Gasteiger partial charge in [-0.2, -0.15) is 0 Å². The maximum Gasteiger partial charge on any atom is 0.0788 e. The summed E-state index contributed by atoms with van der Waals surface area (Å²) in [6.07, 6.45) is 6.00. The Hall–Kier alpha value is 1.06. The number of hydrogen-bond donors (Lipinski definition) is 0. The van der Waals surface area contributed by atoms with Crippen LogP contribution in [-0.4, -0.2) is 30.7 Å². The molecule has 0 aromatic heterocycles. The SMILES string of the molecule is C1CC[N+]2(C1)CCCC2.CC.[CH3-].[CH3-].[Y]. The zero-order valence-electron chi connectivity index (χ0n) is 10.7. The fourth-order valence-electron chi connectivity index (χ4n) is 2.46. The zero-order chi connectivity index (χ0) is 8.16. The molecule has 0 aromatic rings. The van der Waals surface area contributed by atoms with Crippen LogP contribution in [-0.2, 0) is 32.7 Å². The third-order valence-corrected chi connectivity index (χ3v) is 3.03. The molecule has 2 aliphatic rings. The average Bonchev–Trinajstić information content (AvgIpc) is 2.69. The van der Waals surface area contributed by atoms with E-state index >= 15 is 0 Å². The minimum absolute atomic E-state index is 0. The van der Waals surface area contributed by atoms with E-state index in [0.29, 0.717) is 0 Å². The molecule has 2 rings (SSSR count). The van der Waals surface area contributed by atoms with Gasteiger partial charge in [0.15, 0.2) is 0 Å². The molecule has 0 saturated carbocycles. The van der Waals surface area contributed by atoms with Crippen LogP contribution in [0.15, 0.2) is 0 Å². The van der Waals surface area contributed by atoms with Crippen molar-refractivity contribution in [2.75, 3.05) is 26.2 Å². The Labute approximate surface area is 117 Å². The van der Waals surface area contributed by atoms with Crippen molar-refractivity contribution in [1.29, 1.82) is 0 Å². The molecule has 2 saturated heterocycles. The van der Waals surface area contributed by atoms with Crippen LogP contribution in [0.25, 0.3) is 0 Å². The molecule has 1 spiro atoms. The molecule has 0 unspecified atom stereocenters. The summed E-state index contributed by atoms with van der Waals surface area (Å²) in [7, 11) is 0. The molecule has 2 aliphatic heterocycles. The van der Waals surface area contributed by atoms with Crippen LogP contribution in [0.2, 0.25) is 0 Å². The van der Waals surface area contributed by atoms with Crippen LogP contribution in [0.1, 0.15) is 39.5 Å². The van der Waals surface area contributed by atoms with E-state index in [0.717, 1.165) is 0 Å². The summed E-state index contributed by atoms with van der Waals surface area (Å²) in [4.78, 5) is 0. The van der Waals surface area contributed by atoms with Gasteiger partial charge in [-0.25, -0.2) is 0 Å². The smallest absolute Gasteiger partial charge is 0.0788 e. The normalized spacial score (nSPS) is 21.0. The van der Waals surface area contributed by atoms with E-state index in [-0.39, 0.29) is 47.6 Å². The van der Waals surface area contributed by atoms with E-state index in [1.165, 1.54) is 56.3 Å². The van der Waals surface area contributed by atoms with Gasteiger partial charge < -0.3 is 19.3 Å². The predicted molar refractivity (Wildman–Crippen MR) is 62.4 cm³/mol. The molecule has 1 nitrogen and oxygen atoms in total. The van der Waals surface area contributed by atoms with Gasteiger partial charge in [-0.1, -0.05) is 13.8 Å². The Morgan fingerprint density at radius 3 is 1.07 bits per heavy atom. The Bertz CT molecular complexity index is 85.4. The summed E-state index contributed by atoms with van der Waals surface area (Å²) in [5.74, 6) is 0. The number of hydrogen-bond acceptors (Lipinski definition) is 0. The summed E-state index contributed by atoms with van der Waals surface area (Å²) in [6, 6.07) is 0.